The van der Waals surface area contributed by atoms with Gasteiger partial charge in [-0.3, -0.25) is 4.99 Å². The molecule has 0 radical (unpaired) electrons. The van der Waals surface area contributed by atoms with Crippen LogP contribution >= 0.6 is 11.6 Å². The topological polar surface area (TPSA) is 72.8 Å². The molecule has 1 aromatic rings. The van der Waals surface area contributed by atoms with Crippen molar-refractivity contribution in [1.82, 2.24) is 14.7 Å². The Balaban J connectivity index is 1.33. The SMILES string of the molecule is COc1ccc(NC(=O)N2CCN(C3=CC4=N[C@@H](C)CN4C=N3)CC2)cc1Cl. The van der Waals surface area contributed by atoms with Gasteiger partial charge in [0.05, 0.1) is 24.5 Å². The molecule has 8 nitrogen and oxygen atoms in total. The number of nitrogens with zero attached hydrogens (tertiary/aromatic N) is 5. The first kappa shape index (κ1) is 18.6. The molecule has 0 aromatic heterocycles. The average molecular weight is 403 g/mol. The van der Waals surface area contributed by atoms with Gasteiger partial charge in [0, 0.05) is 44.5 Å². The van der Waals surface area contributed by atoms with Crippen molar-refractivity contribution >= 4 is 35.5 Å². The molecule has 0 unspecified atom stereocenters. The highest BCUT2D eigenvalue weighted by atomic mass is 35.5. The van der Waals surface area contributed by atoms with Crippen LogP contribution in [0.1, 0.15) is 6.92 Å². The Bertz CT molecular complexity index is 860. The van der Waals surface area contributed by atoms with Crippen LogP contribution in [-0.2, 0) is 0 Å². The molecule has 28 heavy (non-hydrogen) atoms. The fraction of sp³-hybridized carbons (Fsp3) is 0.421. The number of benzene rings is 1. The lowest BCUT2D eigenvalue weighted by atomic mass is 10.3. The Morgan fingerprint density at radius 1 is 1.29 bits per heavy atom. The summed E-state index contributed by atoms with van der Waals surface area (Å²) in [6, 6.07) is 5.35. The predicted molar refractivity (Wildman–Crippen MR) is 110 cm³/mol. The summed E-state index contributed by atoms with van der Waals surface area (Å²) in [7, 11) is 1.56. The number of piperazine rings is 1. The van der Waals surface area contributed by atoms with Gasteiger partial charge in [-0.2, -0.15) is 0 Å². The fourth-order valence-corrected chi connectivity index (χ4v) is 3.74. The molecule has 9 heteroatoms. The lowest BCUT2D eigenvalue weighted by Crippen LogP contribution is -2.49. The highest BCUT2D eigenvalue weighted by molar-refractivity contribution is 6.32. The van der Waals surface area contributed by atoms with E-state index in [1.165, 1.54) is 0 Å². The third-order valence-corrected chi connectivity index (χ3v) is 5.28. The van der Waals surface area contributed by atoms with E-state index in [1.54, 1.807) is 30.2 Å². The molecule has 3 heterocycles. The summed E-state index contributed by atoms with van der Waals surface area (Å²) in [4.78, 5) is 27.8. The van der Waals surface area contributed by atoms with E-state index in [4.69, 9.17) is 16.3 Å². The number of carbonyl (C=O) groups is 1. The van der Waals surface area contributed by atoms with Crippen LogP contribution in [0.2, 0.25) is 5.02 Å². The van der Waals surface area contributed by atoms with Gasteiger partial charge in [-0.05, 0) is 25.1 Å². The molecule has 1 fully saturated rings. The summed E-state index contributed by atoms with van der Waals surface area (Å²) in [5, 5.41) is 3.36. The monoisotopic (exact) mass is 402 g/mol. The molecule has 3 aliphatic heterocycles. The van der Waals surface area contributed by atoms with E-state index in [2.05, 4.69) is 32.0 Å². The number of anilines is 1. The molecule has 1 saturated heterocycles. The Hall–Kier alpha value is -2.74. The Labute approximate surface area is 169 Å². The molecule has 0 saturated carbocycles. The van der Waals surface area contributed by atoms with Gasteiger partial charge in [-0.1, -0.05) is 11.6 Å². The minimum absolute atomic E-state index is 0.137. The number of aliphatic imine (C=N–C) groups is 2. The van der Waals surface area contributed by atoms with Crippen LogP contribution in [-0.4, -0.2) is 78.8 Å². The molecular weight excluding hydrogens is 380 g/mol. The van der Waals surface area contributed by atoms with Crippen LogP contribution in [0.15, 0.2) is 40.1 Å². The number of fused-ring (bicyclic) bond motifs is 1. The molecule has 1 atom stereocenters. The minimum atomic E-state index is -0.137. The van der Waals surface area contributed by atoms with E-state index in [9.17, 15) is 4.79 Å². The number of amides is 2. The average Bonchev–Trinajstić information content (AvgIpc) is 3.07. The summed E-state index contributed by atoms with van der Waals surface area (Å²) in [6.07, 6.45) is 3.88. The lowest BCUT2D eigenvalue weighted by Gasteiger charge is -2.36. The van der Waals surface area contributed by atoms with Crippen molar-refractivity contribution in [2.24, 2.45) is 9.98 Å². The third kappa shape index (κ3) is 3.77. The maximum atomic E-state index is 12.6. The predicted octanol–water partition coefficient (Wildman–Crippen LogP) is 2.48. The number of halogens is 1. The second kappa shape index (κ2) is 7.71. The normalized spacial score (nSPS) is 21.2. The number of hydrogen-bond acceptors (Lipinski definition) is 6. The van der Waals surface area contributed by atoms with E-state index in [0.29, 0.717) is 35.6 Å². The lowest BCUT2D eigenvalue weighted by molar-refractivity contribution is 0.167. The Kier molecular flexibility index (Phi) is 5.13. The van der Waals surface area contributed by atoms with Gasteiger partial charge >= 0.3 is 6.03 Å². The maximum absolute atomic E-state index is 12.6. The number of rotatable bonds is 3. The number of methoxy groups -OCH3 is 1. The molecule has 4 rings (SSSR count). The number of carbonyl (C=O) groups excluding carboxylic acids is 1. The van der Waals surface area contributed by atoms with Gasteiger partial charge in [0.25, 0.3) is 0 Å². The van der Waals surface area contributed by atoms with Crippen LogP contribution in [0.3, 0.4) is 0 Å². The van der Waals surface area contributed by atoms with Crippen LogP contribution in [0.5, 0.6) is 5.75 Å². The third-order valence-electron chi connectivity index (χ3n) is 4.99. The quantitative estimate of drug-likeness (QED) is 0.843. The molecule has 1 aromatic carbocycles. The fourth-order valence-electron chi connectivity index (χ4n) is 3.49. The second-order valence-corrected chi connectivity index (χ2v) is 7.40. The highest BCUT2D eigenvalue weighted by Gasteiger charge is 2.27. The molecule has 0 bridgehead atoms. The van der Waals surface area contributed by atoms with Crippen LogP contribution in [0.25, 0.3) is 0 Å². The van der Waals surface area contributed by atoms with Crippen LogP contribution in [0.4, 0.5) is 10.5 Å². The summed E-state index contributed by atoms with van der Waals surface area (Å²) >= 11 is 6.12. The number of ether oxygens (including phenoxy) is 1. The first-order chi connectivity index (χ1) is 13.5. The standard InChI is InChI=1S/C19H23ClN6O2/c1-13-11-26-12-21-17(10-18(26)22-13)24-5-7-25(8-6-24)19(27)23-14-3-4-16(28-2)15(20)9-14/h3-4,9-10,12-13H,5-8,11H2,1-2H3,(H,23,27)/t13-/m0/s1. The molecule has 2 amide bonds. The van der Waals surface area contributed by atoms with Crippen LogP contribution in [0, 0.1) is 0 Å². The van der Waals surface area contributed by atoms with Crippen LogP contribution < -0.4 is 10.1 Å². The van der Waals surface area contributed by atoms with E-state index in [0.717, 1.165) is 31.3 Å². The van der Waals surface area contributed by atoms with Gasteiger partial charge < -0.3 is 24.8 Å². The van der Waals surface area contributed by atoms with Gasteiger partial charge in [0.2, 0.25) is 0 Å². The van der Waals surface area contributed by atoms with Gasteiger partial charge in [0.15, 0.2) is 0 Å². The van der Waals surface area contributed by atoms with Gasteiger partial charge in [-0.25, -0.2) is 9.79 Å². The van der Waals surface area contributed by atoms with Crippen molar-refractivity contribution in [2.75, 3.05) is 45.2 Å². The number of hydrogen-bond donors (Lipinski definition) is 1. The zero-order chi connectivity index (χ0) is 19.7. The van der Waals surface area contributed by atoms with E-state index < -0.39 is 0 Å². The molecule has 1 N–H and O–H groups in total. The van der Waals surface area contributed by atoms with Crippen molar-refractivity contribution < 1.29 is 9.53 Å². The van der Waals surface area contributed by atoms with Gasteiger partial charge in [-0.15, -0.1) is 0 Å². The molecule has 0 spiro atoms. The number of amidine groups is 1. The zero-order valence-electron chi connectivity index (χ0n) is 15.9. The Morgan fingerprint density at radius 2 is 2.07 bits per heavy atom. The molecule has 3 aliphatic rings. The molecule has 0 aliphatic carbocycles. The summed E-state index contributed by atoms with van der Waals surface area (Å²) in [5.41, 5.74) is 0.645. The van der Waals surface area contributed by atoms with Crippen molar-refractivity contribution in [3.05, 3.63) is 35.1 Å². The second-order valence-electron chi connectivity index (χ2n) is 6.99. The first-order valence-electron chi connectivity index (χ1n) is 9.28. The smallest absolute Gasteiger partial charge is 0.321 e. The maximum Gasteiger partial charge on any atom is 0.321 e. The summed E-state index contributed by atoms with van der Waals surface area (Å²) < 4.78 is 5.13. The van der Waals surface area contributed by atoms with E-state index in [1.807, 2.05) is 12.4 Å². The first-order valence-corrected chi connectivity index (χ1v) is 9.66. The van der Waals surface area contributed by atoms with E-state index >= 15 is 0 Å². The van der Waals surface area contributed by atoms with Crippen molar-refractivity contribution in [3.8, 4) is 5.75 Å². The van der Waals surface area contributed by atoms with Crippen molar-refractivity contribution in [1.29, 1.82) is 0 Å². The van der Waals surface area contributed by atoms with Crippen molar-refractivity contribution in [2.45, 2.75) is 13.0 Å². The number of nitrogens with one attached hydrogen (secondary N) is 1. The molecule has 148 valence electrons. The minimum Gasteiger partial charge on any atom is -0.495 e. The Morgan fingerprint density at radius 3 is 2.79 bits per heavy atom. The zero-order valence-corrected chi connectivity index (χ0v) is 16.7. The number of urea groups is 1. The summed E-state index contributed by atoms with van der Waals surface area (Å²) in [5.74, 6) is 2.45. The highest BCUT2D eigenvalue weighted by Crippen LogP contribution is 2.27. The van der Waals surface area contributed by atoms with E-state index in [-0.39, 0.29) is 6.03 Å². The van der Waals surface area contributed by atoms with Gasteiger partial charge in [0.1, 0.15) is 17.4 Å². The van der Waals surface area contributed by atoms with Crippen molar-refractivity contribution in [3.63, 3.8) is 0 Å². The molecular formula is C19H23ClN6O2. The summed E-state index contributed by atoms with van der Waals surface area (Å²) in [6.45, 7) is 5.67. The largest absolute Gasteiger partial charge is 0.495 e.